The molecule has 0 aliphatic heterocycles. The van der Waals surface area contributed by atoms with Crippen LogP contribution in [-0.2, 0) is 20.9 Å². The minimum atomic E-state index is -1.35. The Morgan fingerprint density at radius 2 is 1.93 bits per heavy atom. The fraction of sp³-hybridized carbons (Fsp3) is 0.474. The summed E-state index contributed by atoms with van der Waals surface area (Å²) in [5.41, 5.74) is 4.73. The van der Waals surface area contributed by atoms with E-state index in [0.29, 0.717) is 0 Å². The van der Waals surface area contributed by atoms with Crippen molar-refractivity contribution in [2.24, 2.45) is 16.6 Å². The third kappa shape index (κ3) is 6.99. The summed E-state index contributed by atoms with van der Waals surface area (Å²) in [4.78, 5) is 40.3. The minimum Gasteiger partial charge on any atom is -0.445 e. The standard InChI is InChI=1S/C19H28N4O5/c1-13(2)19(3,17(26)22-15(16(20)25)11-21-9-10-24)23-18(27)28-12-14-7-5-4-6-8-14/h4-8,11,13,15,24H,9-10,12H2,1-3H3,(H2,20,25)(H,22,26)(H,23,27)/t15?,19-/m0/s1. The van der Waals surface area contributed by atoms with Crippen molar-refractivity contribution in [1.82, 2.24) is 10.6 Å². The number of primary amides is 1. The Bertz CT molecular complexity index is 693. The topological polar surface area (TPSA) is 143 Å². The first-order valence-electron chi connectivity index (χ1n) is 8.90. The molecule has 28 heavy (non-hydrogen) atoms. The van der Waals surface area contributed by atoms with Gasteiger partial charge in [-0.1, -0.05) is 44.2 Å². The number of alkyl carbamates (subject to hydrolysis) is 1. The van der Waals surface area contributed by atoms with E-state index < -0.39 is 29.5 Å². The van der Waals surface area contributed by atoms with Gasteiger partial charge in [-0.2, -0.15) is 0 Å². The third-order valence-electron chi connectivity index (χ3n) is 4.28. The maximum atomic E-state index is 12.8. The Kier molecular flexibility index (Phi) is 9.10. The molecule has 9 nitrogen and oxygen atoms in total. The van der Waals surface area contributed by atoms with Gasteiger partial charge in [0.05, 0.1) is 13.2 Å². The number of hydrogen-bond acceptors (Lipinski definition) is 6. The van der Waals surface area contributed by atoms with Crippen LogP contribution in [0.5, 0.6) is 0 Å². The lowest BCUT2D eigenvalue weighted by molar-refractivity contribution is -0.131. The molecular formula is C19H28N4O5. The molecule has 0 saturated carbocycles. The van der Waals surface area contributed by atoms with Crippen LogP contribution >= 0.6 is 0 Å². The first-order valence-corrected chi connectivity index (χ1v) is 8.90. The van der Waals surface area contributed by atoms with Crippen molar-refractivity contribution in [3.63, 3.8) is 0 Å². The molecule has 2 atom stereocenters. The van der Waals surface area contributed by atoms with Crippen molar-refractivity contribution in [3.8, 4) is 0 Å². The van der Waals surface area contributed by atoms with Gasteiger partial charge in [0.1, 0.15) is 18.2 Å². The number of nitrogens with zero attached hydrogens (tertiary/aromatic N) is 1. The fourth-order valence-corrected chi connectivity index (χ4v) is 2.15. The molecule has 0 bridgehead atoms. The van der Waals surface area contributed by atoms with Gasteiger partial charge in [0.15, 0.2) is 0 Å². The number of nitrogens with one attached hydrogen (secondary N) is 2. The molecule has 0 saturated heterocycles. The second-order valence-corrected chi connectivity index (χ2v) is 6.68. The predicted molar refractivity (Wildman–Crippen MR) is 105 cm³/mol. The molecule has 0 spiro atoms. The molecule has 0 aromatic heterocycles. The lowest BCUT2D eigenvalue weighted by Crippen LogP contribution is -2.63. The van der Waals surface area contributed by atoms with Gasteiger partial charge in [0.2, 0.25) is 11.8 Å². The van der Waals surface area contributed by atoms with Gasteiger partial charge in [0, 0.05) is 6.21 Å². The Morgan fingerprint density at radius 1 is 1.29 bits per heavy atom. The number of benzene rings is 1. The number of ether oxygens (including phenoxy) is 1. The van der Waals surface area contributed by atoms with Gasteiger partial charge in [-0.3, -0.25) is 14.6 Å². The summed E-state index contributed by atoms with van der Waals surface area (Å²) in [6, 6.07) is 7.95. The van der Waals surface area contributed by atoms with E-state index in [1.165, 1.54) is 6.92 Å². The van der Waals surface area contributed by atoms with Gasteiger partial charge < -0.3 is 26.2 Å². The smallest absolute Gasteiger partial charge is 0.408 e. The van der Waals surface area contributed by atoms with E-state index >= 15 is 0 Å². The fourth-order valence-electron chi connectivity index (χ4n) is 2.15. The Morgan fingerprint density at radius 3 is 2.46 bits per heavy atom. The van der Waals surface area contributed by atoms with Crippen LogP contribution in [0.2, 0.25) is 0 Å². The second-order valence-electron chi connectivity index (χ2n) is 6.68. The molecule has 1 aromatic carbocycles. The molecule has 1 unspecified atom stereocenters. The van der Waals surface area contributed by atoms with Gasteiger partial charge in [0.25, 0.3) is 0 Å². The van der Waals surface area contributed by atoms with E-state index in [4.69, 9.17) is 15.6 Å². The summed E-state index contributed by atoms with van der Waals surface area (Å²) in [5, 5.41) is 13.8. The summed E-state index contributed by atoms with van der Waals surface area (Å²) in [6.45, 7) is 4.95. The van der Waals surface area contributed by atoms with Crippen LogP contribution in [0.3, 0.4) is 0 Å². The van der Waals surface area contributed by atoms with Crippen molar-refractivity contribution in [2.45, 2.75) is 39.0 Å². The predicted octanol–water partition coefficient (Wildman–Crippen LogP) is 0.361. The Balaban J connectivity index is 2.79. The molecular weight excluding hydrogens is 364 g/mol. The highest BCUT2D eigenvalue weighted by Crippen LogP contribution is 2.17. The molecule has 5 N–H and O–H groups in total. The van der Waals surface area contributed by atoms with E-state index in [2.05, 4.69) is 15.6 Å². The van der Waals surface area contributed by atoms with Crippen molar-refractivity contribution in [1.29, 1.82) is 0 Å². The van der Waals surface area contributed by atoms with Crippen LogP contribution in [0, 0.1) is 5.92 Å². The van der Waals surface area contributed by atoms with Gasteiger partial charge in [-0.15, -0.1) is 0 Å². The van der Waals surface area contributed by atoms with E-state index in [-0.39, 0.29) is 25.7 Å². The third-order valence-corrected chi connectivity index (χ3v) is 4.28. The van der Waals surface area contributed by atoms with Gasteiger partial charge >= 0.3 is 6.09 Å². The summed E-state index contributed by atoms with van der Waals surface area (Å²) >= 11 is 0. The van der Waals surface area contributed by atoms with Crippen molar-refractivity contribution in [3.05, 3.63) is 35.9 Å². The maximum Gasteiger partial charge on any atom is 0.408 e. The number of aliphatic hydroxyl groups excluding tert-OH is 1. The monoisotopic (exact) mass is 392 g/mol. The number of carbonyl (C=O) groups excluding carboxylic acids is 3. The second kappa shape index (κ2) is 11.0. The lowest BCUT2D eigenvalue weighted by atomic mass is 9.87. The molecule has 3 amide bonds. The van der Waals surface area contributed by atoms with Gasteiger partial charge in [-0.05, 0) is 18.4 Å². The largest absolute Gasteiger partial charge is 0.445 e. The lowest BCUT2D eigenvalue weighted by Gasteiger charge is -2.33. The molecule has 154 valence electrons. The number of amides is 3. The first-order chi connectivity index (χ1) is 13.2. The number of rotatable bonds is 10. The van der Waals surface area contributed by atoms with Crippen LogP contribution in [0.15, 0.2) is 35.3 Å². The molecule has 0 heterocycles. The molecule has 1 aromatic rings. The van der Waals surface area contributed by atoms with E-state index in [9.17, 15) is 14.4 Å². The molecule has 0 aliphatic rings. The van der Waals surface area contributed by atoms with E-state index in [1.54, 1.807) is 13.8 Å². The zero-order valence-corrected chi connectivity index (χ0v) is 16.3. The van der Waals surface area contributed by atoms with Crippen LogP contribution < -0.4 is 16.4 Å². The van der Waals surface area contributed by atoms with Crippen LogP contribution in [0.4, 0.5) is 4.79 Å². The first kappa shape index (κ1) is 23.1. The summed E-state index contributed by atoms with van der Waals surface area (Å²) in [5.74, 6) is -1.74. The van der Waals surface area contributed by atoms with Gasteiger partial charge in [-0.25, -0.2) is 4.79 Å². The number of carbonyl (C=O) groups is 3. The molecule has 0 radical (unpaired) electrons. The SMILES string of the molecule is CC(C)[C@](C)(NC(=O)OCc1ccccc1)C(=O)NC(C=NCCO)C(N)=O. The Labute approximate surface area is 164 Å². The van der Waals surface area contributed by atoms with Crippen LogP contribution in [0.1, 0.15) is 26.3 Å². The maximum absolute atomic E-state index is 12.8. The average molecular weight is 392 g/mol. The van der Waals surface area contributed by atoms with E-state index in [0.717, 1.165) is 11.8 Å². The molecule has 0 fully saturated rings. The zero-order chi connectivity index (χ0) is 21.2. The van der Waals surface area contributed by atoms with E-state index in [1.807, 2.05) is 30.3 Å². The highest BCUT2D eigenvalue weighted by Gasteiger charge is 2.40. The summed E-state index contributed by atoms with van der Waals surface area (Å²) in [7, 11) is 0. The summed E-state index contributed by atoms with van der Waals surface area (Å²) < 4.78 is 5.18. The Hall–Kier alpha value is -2.94. The highest BCUT2D eigenvalue weighted by atomic mass is 16.5. The number of aliphatic imine (C=N–C) groups is 1. The number of aliphatic hydroxyl groups is 1. The molecule has 1 rings (SSSR count). The normalized spacial score (nSPS) is 14.3. The zero-order valence-electron chi connectivity index (χ0n) is 16.3. The molecule has 9 heteroatoms. The quantitative estimate of drug-likeness (QED) is 0.425. The van der Waals surface area contributed by atoms with Crippen molar-refractivity contribution < 1.29 is 24.2 Å². The number of nitrogens with two attached hydrogens (primary N) is 1. The summed E-state index contributed by atoms with van der Waals surface area (Å²) in [6.07, 6.45) is 0.394. The van der Waals surface area contributed by atoms with Crippen LogP contribution in [0.25, 0.3) is 0 Å². The van der Waals surface area contributed by atoms with Crippen LogP contribution in [-0.4, -0.2) is 54.0 Å². The average Bonchev–Trinajstić information content (AvgIpc) is 2.66. The van der Waals surface area contributed by atoms with Crippen molar-refractivity contribution >= 4 is 24.1 Å². The highest BCUT2D eigenvalue weighted by molar-refractivity contribution is 6.02. The minimum absolute atomic E-state index is 0.0558. The molecule has 0 aliphatic carbocycles. The van der Waals surface area contributed by atoms with Crippen molar-refractivity contribution in [2.75, 3.05) is 13.2 Å². The number of hydrogen-bond donors (Lipinski definition) is 4.